The SMILES string of the molecule is O=C(CSc1nnc(-c2ccc(Cl)cc2)o1)NCc1cccc(NC(=O)C2CCCC2)c1. The molecule has 1 fully saturated rings. The highest BCUT2D eigenvalue weighted by atomic mass is 35.5. The fraction of sp³-hybridized carbons (Fsp3) is 0.304. The maximum atomic E-state index is 12.3. The van der Waals surface area contributed by atoms with E-state index in [9.17, 15) is 9.59 Å². The van der Waals surface area contributed by atoms with E-state index in [0.717, 1.165) is 42.5 Å². The first-order chi connectivity index (χ1) is 15.6. The summed E-state index contributed by atoms with van der Waals surface area (Å²) >= 11 is 7.06. The maximum Gasteiger partial charge on any atom is 0.277 e. The Bertz CT molecular complexity index is 1080. The Hall–Kier alpha value is -2.84. The number of hydrogen-bond donors (Lipinski definition) is 2. The number of rotatable bonds is 8. The van der Waals surface area contributed by atoms with E-state index in [2.05, 4.69) is 20.8 Å². The molecule has 0 unspecified atom stereocenters. The standard InChI is InChI=1S/C23H23ClN4O3S/c24-18-10-8-17(9-11-18)22-27-28-23(31-22)32-14-20(29)25-13-15-4-3-7-19(12-15)26-21(30)16-5-1-2-6-16/h3-4,7-12,16H,1-2,5-6,13-14H2,(H,25,29)(H,26,30). The molecular weight excluding hydrogens is 448 g/mol. The molecule has 2 N–H and O–H groups in total. The first kappa shape index (κ1) is 22.4. The van der Waals surface area contributed by atoms with E-state index in [1.54, 1.807) is 24.3 Å². The average molecular weight is 471 g/mol. The zero-order valence-corrected chi connectivity index (χ0v) is 18.9. The summed E-state index contributed by atoms with van der Waals surface area (Å²) in [5.41, 5.74) is 2.43. The van der Waals surface area contributed by atoms with E-state index >= 15 is 0 Å². The van der Waals surface area contributed by atoms with E-state index in [1.165, 1.54) is 11.8 Å². The Balaban J connectivity index is 1.24. The minimum atomic E-state index is -0.151. The summed E-state index contributed by atoms with van der Waals surface area (Å²) in [5, 5.41) is 14.8. The van der Waals surface area contributed by atoms with Gasteiger partial charge >= 0.3 is 0 Å². The fourth-order valence-electron chi connectivity index (χ4n) is 3.55. The molecule has 32 heavy (non-hydrogen) atoms. The van der Waals surface area contributed by atoms with Gasteiger partial charge < -0.3 is 15.1 Å². The Morgan fingerprint density at radius 3 is 2.66 bits per heavy atom. The number of halogens is 1. The van der Waals surface area contributed by atoms with Crippen LogP contribution >= 0.6 is 23.4 Å². The van der Waals surface area contributed by atoms with Gasteiger partial charge in [-0.2, -0.15) is 0 Å². The number of aromatic nitrogens is 2. The lowest BCUT2D eigenvalue weighted by molar-refractivity contribution is -0.120. The van der Waals surface area contributed by atoms with Gasteiger partial charge in [0.1, 0.15) is 0 Å². The van der Waals surface area contributed by atoms with Gasteiger partial charge in [-0.1, -0.05) is 48.3 Å². The van der Waals surface area contributed by atoms with Crippen LogP contribution in [0, 0.1) is 5.92 Å². The molecule has 0 radical (unpaired) electrons. The van der Waals surface area contributed by atoms with Crippen LogP contribution in [0.4, 0.5) is 5.69 Å². The van der Waals surface area contributed by atoms with Crippen LogP contribution in [0.25, 0.3) is 11.5 Å². The second kappa shape index (κ2) is 10.7. The third-order valence-corrected chi connectivity index (χ3v) is 6.30. The summed E-state index contributed by atoms with van der Waals surface area (Å²) in [5.74, 6) is 0.570. The van der Waals surface area contributed by atoms with Crippen molar-refractivity contribution >= 4 is 40.9 Å². The number of benzene rings is 2. The van der Waals surface area contributed by atoms with Crippen molar-refractivity contribution < 1.29 is 14.0 Å². The molecule has 9 heteroatoms. The number of carbonyl (C=O) groups excluding carboxylic acids is 2. The van der Waals surface area contributed by atoms with E-state index in [4.69, 9.17) is 16.0 Å². The van der Waals surface area contributed by atoms with Gasteiger partial charge in [0.15, 0.2) is 0 Å². The van der Waals surface area contributed by atoms with Crippen LogP contribution in [0.2, 0.25) is 5.02 Å². The van der Waals surface area contributed by atoms with Crippen molar-refractivity contribution in [1.29, 1.82) is 0 Å². The quantitative estimate of drug-likeness (QED) is 0.453. The second-order valence-electron chi connectivity index (χ2n) is 7.62. The topological polar surface area (TPSA) is 97.1 Å². The van der Waals surface area contributed by atoms with Crippen LogP contribution < -0.4 is 10.6 Å². The fourth-order valence-corrected chi connectivity index (χ4v) is 4.27. The Morgan fingerprint density at radius 2 is 1.88 bits per heavy atom. The highest BCUT2D eigenvalue weighted by Gasteiger charge is 2.22. The molecule has 0 bridgehead atoms. The zero-order chi connectivity index (χ0) is 22.3. The largest absolute Gasteiger partial charge is 0.411 e. The van der Waals surface area contributed by atoms with Gasteiger partial charge in [0.05, 0.1) is 5.75 Å². The van der Waals surface area contributed by atoms with Gasteiger partial charge in [0, 0.05) is 28.7 Å². The van der Waals surface area contributed by atoms with Crippen molar-refractivity contribution in [2.75, 3.05) is 11.1 Å². The highest BCUT2D eigenvalue weighted by Crippen LogP contribution is 2.26. The lowest BCUT2D eigenvalue weighted by atomic mass is 10.1. The second-order valence-corrected chi connectivity index (χ2v) is 8.98. The van der Waals surface area contributed by atoms with Crippen molar-refractivity contribution in [3.8, 4) is 11.5 Å². The molecule has 1 saturated carbocycles. The monoisotopic (exact) mass is 470 g/mol. The minimum absolute atomic E-state index is 0.0811. The molecule has 1 aliphatic rings. The Kier molecular flexibility index (Phi) is 7.44. The van der Waals surface area contributed by atoms with Crippen LogP contribution in [-0.2, 0) is 16.1 Å². The van der Waals surface area contributed by atoms with Gasteiger partial charge in [0.25, 0.3) is 5.22 Å². The molecule has 1 aliphatic carbocycles. The van der Waals surface area contributed by atoms with Gasteiger partial charge in [-0.05, 0) is 54.8 Å². The number of thioether (sulfide) groups is 1. The molecule has 1 aromatic heterocycles. The van der Waals surface area contributed by atoms with Crippen LogP contribution in [0.15, 0.2) is 58.2 Å². The summed E-state index contributed by atoms with van der Waals surface area (Å²) in [6.07, 6.45) is 4.16. The van der Waals surface area contributed by atoms with Gasteiger partial charge in [-0.3, -0.25) is 9.59 Å². The van der Waals surface area contributed by atoms with Crippen LogP contribution in [0.1, 0.15) is 31.2 Å². The molecule has 7 nitrogen and oxygen atoms in total. The summed E-state index contributed by atoms with van der Waals surface area (Å²) in [7, 11) is 0. The van der Waals surface area contributed by atoms with Crippen molar-refractivity contribution in [3.63, 3.8) is 0 Å². The molecule has 0 spiro atoms. The van der Waals surface area contributed by atoms with E-state index in [0.29, 0.717) is 22.7 Å². The lowest BCUT2D eigenvalue weighted by Crippen LogP contribution is -2.24. The number of hydrogen-bond acceptors (Lipinski definition) is 6. The summed E-state index contributed by atoms with van der Waals surface area (Å²) in [4.78, 5) is 24.5. The van der Waals surface area contributed by atoms with Gasteiger partial charge in [-0.15, -0.1) is 10.2 Å². The molecule has 0 saturated heterocycles. The molecule has 0 atom stereocenters. The summed E-state index contributed by atoms with van der Waals surface area (Å²) < 4.78 is 5.60. The predicted octanol–water partition coefficient (Wildman–Crippen LogP) is 4.93. The van der Waals surface area contributed by atoms with Crippen LogP contribution in [-0.4, -0.2) is 27.8 Å². The normalized spacial score (nSPS) is 13.8. The minimum Gasteiger partial charge on any atom is -0.411 e. The Morgan fingerprint density at radius 1 is 1.09 bits per heavy atom. The van der Waals surface area contributed by atoms with Crippen molar-refractivity contribution in [2.45, 2.75) is 37.5 Å². The van der Waals surface area contributed by atoms with Crippen LogP contribution in [0.5, 0.6) is 0 Å². The molecule has 4 rings (SSSR count). The van der Waals surface area contributed by atoms with Gasteiger partial charge in [-0.25, -0.2) is 0 Å². The zero-order valence-electron chi connectivity index (χ0n) is 17.3. The van der Waals surface area contributed by atoms with Crippen molar-refractivity contribution in [2.24, 2.45) is 5.92 Å². The number of anilines is 1. The van der Waals surface area contributed by atoms with Crippen molar-refractivity contribution in [3.05, 3.63) is 59.1 Å². The average Bonchev–Trinajstić information content (AvgIpc) is 3.50. The first-order valence-corrected chi connectivity index (χ1v) is 11.8. The molecule has 0 aliphatic heterocycles. The van der Waals surface area contributed by atoms with Crippen LogP contribution in [0.3, 0.4) is 0 Å². The smallest absolute Gasteiger partial charge is 0.277 e. The molecular formula is C23H23ClN4O3S. The Labute approximate surface area is 195 Å². The lowest BCUT2D eigenvalue weighted by Gasteiger charge is -2.11. The molecule has 3 aromatic rings. The molecule has 2 aromatic carbocycles. The van der Waals surface area contributed by atoms with E-state index in [-0.39, 0.29) is 23.5 Å². The van der Waals surface area contributed by atoms with E-state index < -0.39 is 0 Å². The number of nitrogens with one attached hydrogen (secondary N) is 2. The molecule has 166 valence electrons. The molecule has 1 heterocycles. The predicted molar refractivity (Wildman–Crippen MR) is 124 cm³/mol. The van der Waals surface area contributed by atoms with Crippen molar-refractivity contribution in [1.82, 2.24) is 15.5 Å². The third kappa shape index (κ3) is 6.11. The number of carbonyl (C=O) groups is 2. The maximum absolute atomic E-state index is 12.3. The van der Waals surface area contributed by atoms with Gasteiger partial charge in [0.2, 0.25) is 17.7 Å². The first-order valence-electron chi connectivity index (χ1n) is 10.5. The highest BCUT2D eigenvalue weighted by molar-refractivity contribution is 7.99. The summed E-state index contributed by atoms with van der Waals surface area (Å²) in [6.45, 7) is 0.367. The number of nitrogens with zero attached hydrogens (tertiary/aromatic N) is 2. The number of amides is 2. The molecule has 2 amide bonds. The summed E-state index contributed by atoms with van der Waals surface area (Å²) in [6, 6.07) is 14.6. The van der Waals surface area contributed by atoms with E-state index in [1.807, 2.05) is 24.3 Å². The third-order valence-electron chi connectivity index (χ3n) is 5.23.